The second-order valence-electron chi connectivity index (χ2n) is 4.55. The molecule has 1 amide bonds. The summed E-state index contributed by atoms with van der Waals surface area (Å²) in [6.45, 7) is 10.7. The fraction of sp³-hybridized carbons (Fsp3) is 0.600. The number of hydrogen-bond acceptors (Lipinski definition) is 4. The highest BCUT2D eigenvalue weighted by molar-refractivity contribution is 5.93. The molecule has 0 radical (unpaired) electrons. The van der Waals surface area contributed by atoms with Crippen LogP contribution in [0.1, 0.15) is 38.2 Å². The number of nitrogens with zero attached hydrogens (tertiary/aromatic N) is 2. The van der Waals surface area contributed by atoms with E-state index in [-0.39, 0.29) is 12.0 Å². The number of hydrogen-bond donors (Lipinski definition) is 1. The highest BCUT2D eigenvalue weighted by atomic mass is 16.5. The average Bonchev–Trinajstić information content (AvgIpc) is 2.47. The maximum atomic E-state index is 12.2. The van der Waals surface area contributed by atoms with Crippen molar-refractivity contribution in [3.63, 3.8) is 0 Å². The Bertz CT molecular complexity index is 419. The molecule has 5 nitrogen and oxygen atoms in total. The van der Waals surface area contributed by atoms with Crippen molar-refractivity contribution in [2.45, 2.75) is 33.8 Å². The maximum Gasteiger partial charge on any atom is 0.272 e. The van der Waals surface area contributed by atoms with E-state index in [2.05, 4.69) is 10.3 Å². The molecule has 112 valence electrons. The standard InChI is InChI=1S/C15H25N3O2/c1-5-18(6-2)15(19)14-10-13(8-9-16-14)17-11-12(4)20-7-3/h8-10,12H,5-7,11H2,1-4H3,(H,16,17). The van der Waals surface area contributed by atoms with E-state index in [1.807, 2.05) is 33.8 Å². The molecule has 20 heavy (non-hydrogen) atoms. The molecule has 1 rings (SSSR count). The van der Waals surface area contributed by atoms with Crippen LogP contribution in [0.4, 0.5) is 5.69 Å². The van der Waals surface area contributed by atoms with Crippen LogP contribution in [0.3, 0.4) is 0 Å². The van der Waals surface area contributed by atoms with Crippen LogP contribution in [0.15, 0.2) is 18.3 Å². The zero-order chi connectivity index (χ0) is 15.0. The van der Waals surface area contributed by atoms with Crippen LogP contribution in [-0.2, 0) is 4.74 Å². The minimum absolute atomic E-state index is 0.0310. The van der Waals surface area contributed by atoms with Crippen molar-refractivity contribution in [1.82, 2.24) is 9.88 Å². The van der Waals surface area contributed by atoms with Gasteiger partial charge in [0.2, 0.25) is 0 Å². The van der Waals surface area contributed by atoms with E-state index in [9.17, 15) is 4.79 Å². The van der Waals surface area contributed by atoms with Crippen LogP contribution in [0, 0.1) is 0 Å². The predicted molar refractivity (Wildman–Crippen MR) is 81.1 cm³/mol. The molecule has 0 aliphatic rings. The summed E-state index contributed by atoms with van der Waals surface area (Å²) in [6.07, 6.45) is 1.79. The summed E-state index contributed by atoms with van der Waals surface area (Å²) >= 11 is 0. The second-order valence-corrected chi connectivity index (χ2v) is 4.55. The average molecular weight is 279 g/mol. The molecular weight excluding hydrogens is 254 g/mol. The Kier molecular flexibility index (Phi) is 7.01. The molecule has 1 N–H and O–H groups in total. The van der Waals surface area contributed by atoms with Gasteiger partial charge in [0.05, 0.1) is 6.10 Å². The Morgan fingerprint density at radius 3 is 2.70 bits per heavy atom. The van der Waals surface area contributed by atoms with E-state index < -0.39 is 0 Å². The molecule has 1 aromatic rings. The van der Waals surface area contributed by atoms with Crippen LogP contribution in [-0.4, -0.2) is 48.1 Å². The van der Waals surface area contributed by atoms with Crippen molar-refractivity contribution in [3.05, 3.63) is 24.0 Å². The van der Waals surface area contributed by atoms with Crippen LogP contribution >= 0.6 is 0 Å². The van der Waals surface area contributed by atoms with Gasteiger partial charge in [-0.2, -0.15) is 0 Å². The number of carbonyl (C=O) groups excluding carboxylic acids is 1. The maximum absolute atomic E-state index is 12.2. The van der Waals surface area contributed by atoms with Gasteiger partial charge in [-0.1, -0.05) is 0 Å². The summed E-state index contributed by atoms with van der Waals surface area (Å²) in [6, 6.07) is 3.65. The van der Waals surface area contributed by atoms with Crippen LogP contribution in [0.2, 0.25) is 0 Å². The SMILES string of the molecule is CCOC(C)CNc1ccnc(C(=O)N(CC)CC)c1. The zero-order valence-corrected chi connectivity index (χ0v) is 12.8. The molecular formula is C15H25N3O2. The monoisotopic (exact) mass is 279 g/mol. The summed E-state index contributed by atoms with van der Waals surface area (Å²) in [5.41, 5.74) is 1.37. The van der Waals surface area contributed by atoms with Crippen LogP contribution < -0.4 is 5.32 Å². The molecule has 0 aliphatic carbocycles. The van der Waals surface area contributed by atoms with Gasteiger partial charge < -0.3 is 15.0 Å². The van der Waals surface area contributed by atoms with E-state index in [1.54, 1.807) is 17.2 Å². The van der Waals surface area contributed by atoms with E-state index in [4.69, 9.17) is 4.74 Å². The first-order valence-corrected chi connectivity index (χ1v) is 7.23. The number of anilines is 1. The first-order chi connectivity index (χ1) is 9.62. The smallest absolute Gasteiger partial charge is 0.272 e. The van der Waals surface area contributed by atoms with Crippen molar-refractivity contribution in [1.29, 1.82) is 0 Å². The van der Waals surface area contributed by atoms with Crippen molar-refractivity contribution in [2.75, 3.05) is 31.6 Å². The van der Waals surface area contributed by atoms with E-state index in [1.165, 1.54) is 0 Å². The van der Waals surface area contributed by atoms with Crippen molar-refractivity contribution in [3.8, 4) is 0 Å². The Balaban J connectivity index is 2.68. The molecule has 0 bridgehead atoms. The fourth-order valence-corrected chi connectivity index (χ4v) is 1.94. The molecule has 1 unspecified atom stereocenters. The van der Waals surface area contributed by atoms with Crippen molar-refractivity contribution in [2.24, 2.45) is 0 Å². The van der Waals surface area contributed by atoms with Gasteiger partial charge in [-0.3, -0.25) is 9.78 Å². The number of carbonyl (C=O) groups is 1. The number of pyridine rings is 1. The highest BCUT2D eigenvalue weighted by Gasteiger charge is 2.14. The van der Waals surface area contributed by atoms with Gasteiger partial charge >= 0.3 is 0 Å². The molecule has 1 atom stereocenters. The van der Waals surface area contributed by atoms with Gasteiger partial charge in [0.15, 0.2) is 0 Å². The third-order valence-electron chi connectivity index (χ3n) is 3.07. The summed E-state index contributed by atoms with van der Waals surface area (Å²) in [5, 5.41) is 3.26. The second kappa shape index (κ2) is 8.53. The minimum atomic E-state index is -0.0310. The molecule has 0 spiro atoms. The van der Waals surface area contributed by atoms with Gasteiger partial charge in [0.1, 0.15) is 5.69 Å². The predicted octanol–water partition coefficient (Wildman–Crippen LogP) is 2.40. The summed E-state index contributed by atoms with van der Waals surface area (Å²) in [7, 11) is 0. The largest absolute Gasteiger partial charge is 0.382 e. The van der Waals surface area contributed by atoms with E-state index >= 15 is 0 Å². The lowest BCUT2D eigenvalue weighted by Gasteiger charge is -2.18. The lowest BCUT2D eigenvalue weighted by atomic mass is 10.2. The lowest BCUT2D eigenvalue weighted by molar-refractivity contribution is 0.0767. The fourth-order valence-electron chi connectivity index (χ4n) is 1.94. The topological polar surface area (TPSA) is 54.5 Å². The number of ether oxygens (including phenoxy) is 1. The van der Waals surface area contributed by atoms with Gasteiger partial charge in [-0.25, -0.2) is 0 Å². The first-order valence-electron chi connectivity index (χ1n) is 7.23. The van der Waals surface area contributed by atoms with Crippen LogP contribution in [0.5, 0.6) is 0 Å². The van der Waals surface area contributed by atoms with Gasteiger partial charge in [-0.15, -0.1) is 0 Å². The van der Waals surface area contributed by atoms with Gasteiger partial charge in [0, 0.05) is 38.1 Å². The summed E-state index contributed by atoms with van der Waals surface area (Å²) in [4.78, 5) is 18.1. The Morgan fingerprint density at radius 2 is 2.10 bits per heavy atom. The highest BCUT2D eigenvalue weighted by Crippen LogP contribution is 2.10. The molecule has 0 aromatic carbocycles. The third-order valence-corrected chi connectivity index (χ3v) is 3.07. The number of amides is 1. The molecule has 0 aliphatic heterocycles. The van der Waals surface area contributed by atoms with E-state index in [0.717, 1.165) is 5.69 Å². The van der Waals surface area contributed by atoms with Crippen molar-refractivity contribution < 1.29 is 9.53 Å². The quantitative estimate of drug-likeness (QED) is 0.794. The Morgan fingerprint density at radius 1 is 1.40 bits per heavy atom. The lowest BCUT2D eigenvalue weighted by Crippen LogP contribution is -2.31. The number of aromatic nitrogens is 1. The third kappa shape index (κ3) is 4.81. The Labute approximate surface area is 121 Å². The van der Waals surface area contributed by atoms with Gasteiger partial charge in [0.25, 0.3) is 5.91 Å². The van der Waals surface area contributed by atoms with Crippen LogP contribution in [0.25, 0.3) is 0 Å². The molecule has 0 fully saturated rings. The number of rotatable bonds is 8. The molecule has 1 aromatic heterocycles. The van der Waals surface area contributed by atoms with Gasteiger partial charge in [-0.05, 0) is 39.8 Å². The summed E-state index contributed by atoms with van der Waals surface area (Å²) < 4.78 is 5.46. The number of nitrogens with one attached hydrogen (secondary N) is 1. The molecule has 5 heteroatoms. The minimum Gasteiger partial charge on any atom is -0.382 e. The Hall–Kier alpha value is -1.62. The molecule has 0 saturated carbocycles. The molecule has 0 saturated heterocycles. The zero-order valence-electron chi connectivity index (χ0n) is 12.8. The summed E-state index contributed by atoms with van der Waals surface area (Å²) in [5.74, 6) is -0.0310. The van der Waals surface area contributed by atoms with Crippen molar-refractivity contribution >= 4 is 11.6 Å². The van der Waals surface area contributed by atoms with E-state index in [0.29, 0.717) is 31.9 Å². The normalized spacial score (nSPS) is 12.0. The molecule has 1 heterocycles. The first kappa shape index (κ1) is 16.4.